The molecule has 1 aromatic rings. The van der Waals surface area contributed by atoms with Gasteiger partial charge in [-0.2, -0.15) is 0 Å². The zero-order valence-electron chi connectivity index (χ0n) is 16.1. The smallest absolute Gasteiger partial charge is 0.326 e. The first kappa shape index (κ1) is 23.4. The van der Waals surface area contributed by atoms with Gasteiger partial charge < -0.3 is 31.9 Å². The summed E-state index contributed by atoms with van der Waals surface area (Å²) in [6.45, 7) is 3.46. The van der Waals surface area contributed by atoms with Crippen molar-refractivity contribution in [2.24, 2.45) is 11.7 Å². The van der Waals surface area contributed by atoms with Crippen LogP contribution in [0.3, 0.4) is 0 Å². The second-order valence-electron chi connectivity index (χ2n) is 6.66. The maximum atomic E-state index is 12.4. The Morgan fingerprint density at radius 3 is 2.10 bits per heavy atom. The molecule has 0 spiro atoms. The summed E-state index contributed by atoms with van der Waals surface area (Å²) in [5.74, 6) is -4.81. The van der Waals surface area contributed by atoms with E-state index in [1.807, 2.05) is 0 Å². The van der Waals surface area contributed by atoms with Gasteiger partial charge in [-0.25, -0.2) is 4.79 Å². The van der Waals surface area contributed by atoms with Crippen LogP contribution in [0.1, 0.15) is 36.2 Å². The third-order valence-corrected chi connectivity index (χ3v) is 3.93. The van der Waals surface area contributed by atoms with Crippen LogP contribution in [0.2, 0.25) is 0 Å². The van der Waals surface area contributed by atoms with Crippen LogP contribution in [0.25, 0.3) is 0 Å². The molecule has 0 aliphatic carbocycles. The Labute approximate surface area is 167 Å². The van der Waals surface area contributed by atoms with Gasteiger partial charge in [-0.15, -0.1) is 0 Å². The SMILES string of the molecule is CC(C)[C@H](NC(=O)[C@H](CC(=O)O)NC(=O)c1ccc(CNC(=N)N)cc1)C(=O)O. The molecule has 158 valence electrons. The van der Waals surface area contributed by atoms with E-state index in [4.69, 9.17) is 16.2 Å². The highest BCUT2D eigenvalue weighted by Crippen LogP contribution is 2.07. The van der Waals surface area contributed by atoms with Gasteiger partial charge in [0.25, 0.3) is 5.91 Å². The topological polar surface area (TPSA) is 195 Å². The van der Waals surface area contributed by atoms with Crippen molar-refractivity contribution in [1.82, 2.24) is 16.0 Å². The summed E-state index contributed by atoms with van der Waals surface area (Å²) in [4.78, 5) is 47.1. The second-order valence-corrected chi connectivity index (χ2v) is 6.66. The van der Waals surface area contributed by atoms with E-state index in [1.165, 1.54) is 12.1 Å². The lowest BCUT2D eigenvalue weighted by Gasteiger charge is -2.22. The number of rotatable bonds is 10. The van der Waals surface area contributed by atoms with Crippen LogP contribution >= 0.6 is 0 Å². The maximum absolute atomic E-state index is 12.4. The van der Waals surface area contributed by atoms with Gasteiger partial charge in [-0.3, -0.25) is 19.8 Å². The molecule has 1 rings (SSSR count). The number of nitrogens with two attached hydrogens (primary N) is 1. The highest BCUT2D eigenvalue weighted by Gasteiger charge is 2.30. The molecule has 8 N–H and O–H groups in total. The van der Waals surface area contributed by atoms with Crippen molar-refractivity contribution in [2.45, 2.75) is 38.9 Å². The predicted octanol–water partition coefficient (Wildman–Crippen LogP) is -0.532. The number of nitrogens with one attached hydrogen (secondary N) is 4. The number of carboxylic acids is 2. The highest BCUT2D eigenvalue weighted by molar-refractivity contribution is 5.99. The molecule has 0 radical (unpaired) electrons. The van der Waals surface area contributed by atoms with Gasteiger partial charge in [0.05, 0.1) is 6.42 Å². The molecule has 1 aromatic carbocycles. The van der Waals surface area contributed by atoms with Crippen LogP contribution < -0.4 is 21.7 Å². The molecule has 0 saturated carbocycles. The number of hydrogen-bond donors (Lipinski definition) is 7. The standard InChI is InChI=1S/C18H25N5O6/c1-9(2)14(17(28)29)23-16(27)12(7-13(24)25)22-15(26)11-5-3-10(4-6-11)8-21-18(19)20/h3-6,9,12,14H,7-8H2,1-2H3,(H,22,26)(H,23,27)(H,24,25)(H,28,29)(H4,19,20,21)/t12-,14-/m0/s1. The Kier molecular flexibility index (Phi) is 8.59. The van der Waals surface area contributed by atoms with E-state index in [0.717, 1.165) is 5.56 Å². The molecule has 0 aliphatic rings. The van der Waals surface area contributed by atoms with Crippen LogP contribution in [0.4, 0.5) is 0 Å². The number of aliphatic carboxylic acids is 2. The summed E-state index contributed by atoms with van der Waals surface area (Å²) in [5, 5.41) is 32.5. The van der Waals surface area contributed by atoms with Crippen molar-refractivity contribution in [3.8, 4) is 0 Å². The zero-order chi connectivity index (χ0) is 22.1. The molecular formula is C18H25N5O6. The first-order valence-corrected chi connectivity index (χ1v) is 8.74. The molecule has 0 unspecified atom stereocenters. The van der Waals surface area contributed by atoms with E-state index >= 15 is 0 Å². The van der Waals surface area contributed by atoms with Crippen LogP contribution in [0, 0.1) is 11.3 Å². The van der Waals surface area contributed by atoms with E-state index < -0.39 is 48.2 Å². The van der Waals surface area contributed by atoms with E-state index in [2.05, 4.69) is 16.0 Å². The van der Waals surface area contributed by atoms with E-state index in [0.29, 0.717) is 0 Å². The van der Waals surface area contributed by atoms with Crippen molar-refractivity contribution in [3.05, 3.63) is 35.4 Å². The van der Waals surface area contributed by atoms with E-state index in [-0.39, 0.29) is 18.1 Å². The molecule has 0 aliphatic heterocycles. The minimum absolute atomic E-state index is 0.179. The number of amides is 2. The number of hydrogen-bond acceptors (Lipinski definition) is 5. The average Bonchev–Trinajstić information content (AvgIpc) is 2.63. The van der Waals surface area contributed by atoms with Crippen LogP contribution in [-0.4, -0.2) is 52.0 Å². The Morgan fingerprint density at radius 2 is 1.66 bits per heavy atom. The Morgan fingerprint density at radius 1 is 1.07 bits per heavy atom. The zero-order valence-corrected chi connectivity index (χ0v) is 16.1. The number of carbonyl (C=O) groups is 4. The van der Waals surface area contributed by atoms with Gasteiger partial charge in [-0.05, 0) is 23.6 Å². The largest absolute Gasteiger partial charge is 0.481 e. The maximum Gasteiger partial charge on any atom is 0.326 e. The summed E-state index contributed by atoms with van der Waals surface area (Å²) in [5.41, 5.74) is 6.13. The molecule has 11 heteroatoms. The molecule has 2 atom stereocenters. The number of benzene rings is 1. The predicted molar refractivity (Wildman–Crippen MR) is 103 cm³/mol. The van der Waals surface area contributed by atoms with Crippen molar-refractivity contribution in [3.63, 3.8) is 0 Å². The number of guanidine groups is 1. The van der Waals surface area contributed by atoms with E-state index in [9.17, 15) is 24.3 Å². The lowest BCUT2D eigenvalue weighted by molar-refractivity contribution is -0.144. The van der Waals surface area contributed by atoms with Gasteiger partial charge >= 0.3 is 11.9 Å². The second kappa shape index (κ2) is 10.6. The van der Waals surface area contributed by atoms with Gasteiger partial charge in [0.2, 0.25) is 5.91 Å². The molecule has 2 amide bonds. The minimum atomic E-state index is -1.44. The monoisotopic (exact) mass is 407 g/mol. The molecule has 0 bridgehead atoms. The highest BCUT2D eigenvalue weighted by atomic mass is 16.4. The molecule has 0 fully saturated rings. The first-order valence-electron chi connectivity index (χ1n) is 8.74. The quantitative estimate of drug-likeness (QED) is 0.198. The minimum Gasteiger partial charge on any atom is -0.481 e. The van der Waals surface area contributed by atoms with E-state index in [1.54, 1.807) is 26.0 Å². The molecule has 0 heterocycles. The normalized spacial score (nSPS) is 12.5. The summed E-state index contributed by atoms with van der Waals surface area (Å²) in [6, 6.07) is 3.49. The third-order valence-electron chi connectivity index (χ3n) is 3.93. The Hall–Kier alpha value is -3.63. The lowest BCUT2D eigenvalue weighted by Crippen LogP contribution is -2.53. The van der Waals surface area contributed by atoms with Crippen LogP contribution in [0.5, 0.6) is 0 Å². The summed E-state index contributed by atoms with van der Waals surface area (Å²) in [7, 11) is 0. The fourth-order valence-electron chi connectivity index (χ4n) is 2.36. The van der Waals surface area contributed by atoms with Crippen molar-refractivity contribution < 1.29 is 29.4 Å². The summed E-state index contributed by atoms with van der Waals surface area (Å²) in [6.07, 6.45) is -0.706. The fraction of sp³-hybridized carbons (Fsp3) is 0.389. The summed E-state index contributed by atoms with van der Waals surface area (Å²) >= 11 is 0. The van der Waals surface area contributed by atoms with Crippen molar-refractivity contribution in [1.29, 1.82) is 5.41 Å². The number of carboxylic acid groups (broad SMARTS) is 2. The van der Waals surface area contributed by atoms with Crippen molar-refractivity contribution in [2.75, 3.05) is 0 Å². The first-order chi connectivity index (χ1) is 13.5. The molecular weight excluding hydrogens is 382 g/mol. The van der Waals surface area contributed by atoms with Crippen LogP contribution in [0.15, 0.2) is 24.3 Å². The molecule has 11 nitrogen and oxygen atoms in total. The van der Waals surface area contributed by atoms with Gasteiger partial charge in [0.1, 0.15) is 12.1 Å². The van der Waals surface area contributed by atoms with Gasteiger partial charge in [0.15, 0.2) is 5.96 Å². The third kappa shape index (κ3) is 7.87. The average molecular weight is 407 g/mol. The van der Waals surface area contributed by atoms with Crippen LogP contribution in [-0.2, 0) is 20.9 Å². The molecule has 0 saturated heterocycles. The van der Waals surface area contributed by atoms with Gasteiger partial charge in [-0.1, -0.05) is 26.0 Å². The fourth-order valence-corrected chi connectivity index (χ4v) is 2.36. The Bertz CT molecular complexity index is 777. The summed E-state index contributed by atoms with van der Waals surface area (Å²) < 4.78 is 0. The lowest BCUT2D eigenvalue weighted by atomic mass is 10.0. The van der Waals surface area contributed by atoms with Gasteiger partial charge in [0, 0.05) is 12.1 Å². The molecule has 29 heavy (non-hydrogen) atoms. The molecule has 0 aromatic heterocycles. The number of carbonyl (C=O) groups excluding carboxylic acids is 2. The Balaban J connectivity index is 2.87. The van der Waals surface area contributed by atoms with Crippen molar-refractivity contribution >= 4 is 29.7 Å².